The number of amides is 1. The summed E-state index contributed by atoms with van der Waals surface area (Å²) in [6, 6.07) is 21.0. The van der Waals surface area contributed by atoms with Gasteiger partial charge in [-0.25, -0.2) is 8.42 Å². The highest BCUT2D eigenvalue weighted by Gasteiger charge is 2.22. The van der Waals surface area contributed by atoms with E-state index < -0.39 is 10.0 Å². The van der Waals surface area contributed by atoms with Gasteiger partial charge in [-0.15, -0.1) is 0 Å². The van der Waals surface area contributed by atoms with E-state index >= 15 is 0 Å². The number of hydrogen-bond donors (Lipinski definition) is 1. The van der Waals surface area contributed by atoms with Crippen molar-refractivity contribution >= 4 is 21.6 Å². The number of carbonyl (C=O) groups is 1. The van der Waals surface area contributed by atoms with Crippen molar-refractivity contribution in [3.05, 3.63) is 100 Å². The van der Waals surface area contributed by atoms with Crippen LogP contribution in [0.3, 0.4) is 0 Å². The van der Waals surface area contributed by atoms with Gasteiger partial charge in [0.1, 0.15) is 0 Å². The summed E-state index contributed by atoms with van der Waals surface area (Å²) in [5.41, 5.74) is 6.11. The number of aryl methyl sites for hydroxylation is 3. The first kappa shape index (κ1) is 24.5. The Morgan fingerprint density at radius 3 is 2.00 bits per heavy atom. The van der Waals surface area contributed by atoms with Crippen LogP contribution in [0.4, 0.5) is 5.69 Å². The van der Waals surface area contributed by atoms with Crippen LogP contribution in [0.2, 0.25) is 0 Å². The van der Waals surface area contributed by atoms with Crippen LogP contribution in [-0.4, -0.2) is 20.6 Å². The van der Waals surface area contributed by atoms with Gasteiger partial charge in [0.05, 0.1) is 24.5 Å². The van der Waals surface area contributed by atoms with Crippen molar-refractivity contribution in [2.45, 2.75) is 46.7 Å². The molecule has 0 aliphatic carbocycles. The average molecular weight is 465 g/mol. The van der Waals surface area contributed by atoms with E-state index in [0.717, 1.165) is 28.7 Å². The first-order chi connectivity index (χ1) is 15.6. The highest BCUT2D eigenvalue weighted by molar-refractivity contribution is 7.92. The average Bonchev–Trinajstić information content (AvgIpc) is 2.77. The van der Waals surface area contributed by atoms with Gasteiger partial charge >= 0.3 is 0 Å². The van der Waals surface area contributed by atoms with E-state index in [1.54, 1.807) is 12.1 Å². The number of benzene rings is 3. The predicted molar refractivity (Wildman–Crippen MR) is 135 cm³/mol. The van der Waals surface area contributed by atoms with Crippen molar-refractivity contribution < 1.29 is 13.2 Å². The molecule has 3 rings (SSSR count). The van der Waals surface area contributed by atoms with Gasteiger partial charge in [-0.05, 0) is 61.6 Å². The minimum atomic E-state index is -3.49. The minimum absolute atomic E-state index is 0.0671. The molecule has 1 N–H and O–H groups in total. The van der Waals surface area contributed by atoms with Gasteiger partial charge in [0.25, 0.3) is 5.91 Å². The van der Waals surface area contributed by atoms with Crippen molar-refractivity contribution in [3.63, 3.8) is 0 Å². The van der Waals surface area contributed by atoms with Crippen molar-refractivity contribution in [2.24, 2.45) is 0 Å². The number of anilines is 1. The quantitative estimate of drug-likeness (QED) is 0.481. The maximum absolute atomic E-state index is 12.8. The van der Waals surface area contributed by atoms with Gasteiger partial charge in [0, 0.05) is 5.56 Å². The van der Waals surface area contributed by atoms with Crippen LogP contribution in [0.5, 0.6) is 0 Å². The first-order valence-corrected chi connectivity index (χ1v) is 12.9. The van der Waals surface area contributed by atoms with Gasteiger partial charge in [0.2, 0.25) is 10.0 Å². The fourth-order valence-electron chi connectivity index (χ4n) is 3.95. The summed E-state index contributed by atoms with van der Waals surface area (Å²) in [5.74, 6) is -0.149. The highest BCUT2D eigenvalue weighted by atomic mass is 32.2. The standard InChI is InChI=1S/C27H32N2O3S/c1-6-25(23-14-10-19(2)11-15-23)28-27(30)24-16-12-22(13-17-24)18-29(33(5,31)32)26-20(3)8-7-9-21(26)4/h7-17,25H,6,18H2,1-5H3,(H,28,30)/t25-/m0/s1. The molecule has 1 amide bonds. The maximum Gasteiger partial charge on any atom is 0.251 e. The molecule has 0 aliphatic heterocycles. The number of para-hydroxylation sites is 1. The number of hydrogen-bond acceptors (Lipinski definition) is 3. The van der Waals surface area contributed by atoms with Crippen LogP contribution in [-0.2, 0) is 16.6 Å². The molecule has 174 valence electrons. The lowest BCUT2D eigenvalue weighted by molar-refractivity contribution is 0.0935. The Morgan fingerprint density at radius 1 is 0.909 bits per heavy atom. The molecule has 1 atom stereocenters. The summed E-state index contributed by atoms with van der Waals surface area (Å²) in [6.07, 6.45) is 2.00. The van der Waals surface area contributed by atoms with Crippen LogP contribution < -0.4 is 9.62 Å². The highest BCUT2D eigenvalue weighted by Crippen LogP contribution is 2.28. The molecule has 0 unspecified atom stereocenters. The molecule has 33 heavy (non-hydrogen) atoms. The molecule has 0 saturated carbocycles. The summed E-state index contributed by atoms with van der Waals surface area (Å²) in [6.45, 7) is 8.10. The molecule has 0 aliphatic rings. The van der Waals surface area contributed by atoms with Crippen molar-refractivity contribution in [1.82, 2.24) is 5.32 Å². The second-order valence-corrected chi connectivity index (χ2v) is 10.5. The van der Waals surface area contributed by atoms with E-state index in [4.69, 9.17) is 0 Å². The zero-order chi connectivity index (χ0) is 24.2. The third-order valence-electron chi connectivity index (χ3n) is 5.82. The fraction of sp³-hybridized carbons (Fsp3) is 0.296. The molecule has 0 spiro atoms. The molecule has 0 bridgehead atoms. The van der Waals surface area contributed by atoms with Crippen molar-refractivity contribution in [1.29, 1.82) is 0 Å². The van der Waals surface area contributed by atoms with Crippen LogP contribution >= 0.6 is 0 Å². The zero-order valence-corrected chi connectivity index (χ0v) is 20.7. The van der Waals surface area contributed by atoms with E-state index in [1.807, 2.05) is 82.3 Å². The Labute approximate surface area is 197 Å². The molecule has 0 saturated heterocycles. The lowest BCUT2D eigenvalue weighted by atomic mass is 10.0. The summed E-state index contributed by atoms with van der Waals surface area (Å²) in [4.78, 5) is 12.8. The normalized spacial score (nSPS) is 12.3. The van der Waals surface area contributed by atoms with Gasteiger partial charge in [-0.3, -0.25) is 9.10 Å². The number of nitrogens with one attached hydrogen (secondary N) is 1. The number of carbonyl (C=O) groups excluding carboxylic acids is 1. The molecule has 0 aromatic heterocycles. The van der Waals surface area contributed by atoms with Crippen LogP contribution in [0.15, 0.2) is 66.7 Å². The summed E-state index contributed by atoms with van der Waals surface area (Å²) in [5, 5.41) is 3.10. The van der Waals surface area contributed by atoms with Gasteiger partial charge < -0.3 is 5.32 Å². The van der Waals surface area contributed by atoms with E-state index in [-0.39, 0.29) is 18.5 Å². The van der Waals surface area contributed by atoms with Gasteiger partial charge in [-0.1, -0.05) is 67.1 Å². The Morgan fingerprint density at radius 2 is 1.48 bits per heavy atom. The molecular formula is C27H32N2O3S. The summed E-state index contributed by atoms with van der Waals surface area (Å²) < 4.78 is 26.6. The lowest BCUT2D eigenvalue weighted by Gasteiger charge is -2.26. The Hall–Kier alpha value is -3.12. The van der Waals surface area contributed by atoms with Crippen LogP contribution in [0.25, 0.3) is 0 Å². The Bertz CT molecular complexity index is 1200. The Kier molecular flexibility index (Phi) is 7.59. The summed E-state index contributed by atoms with van der Waals surface area (Å²) >= 11 is 0. The van der Waals surface area contributed by atoms with E-state index in [9.17, 15) is 13.2 Å². The smallest absolute Gasteiger partial charge is 0.251 e. The second-order valence-electron chi connectivity index (χ2n) is 8.55. The van der Waals surface area contributed by atoms with E-state index in [1.165, 1.54) is 16.1 Å². The zero-order valence-electron chi connectivity index (χ0n) is 19.9. The topological polar surface area (TPSA) is 66.5 Å². The molecular weight excluding hydrogens is 432 g/mol. The molecule has 0 radical (unpaired) electrons. The van der Waals surface area contributed by atoms with Crippen LogP contribution in [0.1, 0.15) is 57.6 Å². The first-order valence-electron chi connectivity index (χ1n) is 11.1. The minimum Gasteiger partial charge on any atom is -0.345 e. The van der Waals surface area contributed by atoms with Gasteiger partial charge in [-0.2, -0.15) is 0 Å². The van der Waals surface area contributed by atoms with Crippen molar-refractivity contribution in [3.8, 4) is 0 Å². The molecule has 3 aromatic carbocycles. The monoisotopic (exact) mass is 464 g/mol. The van der Waals surface area contributed by atoms with Crippen molar-refractivity contribution in [2.75, 3.05) is 10.6 Å². The third kappa shape index (κ3) is 6.02. The molecule has 0 heterocycles. The lowest BCUT2D eigenvalue weighted by Crippen LogP contribution is -2.31. The van der Waals surface area contributed by atoms with E-state index in [0.29, 0.717) is 11.3 Å². The maximum atomic E-state index is 12.8. The number of rotatable bonds is 8. The molecule has 3 aromatic rings. The van der Waals surface area contributed by atoms with Gasteiger partial charge in [0.15, 0.2) is 0 Å². The SMILES string of the molecule is CC[C@H](NC(=O)c1ccc(CN(c2c(C)cccc2C)S(C)(=O)=O)cc1)c1ccc(C)cc1. The number of nitrogens with zero attached hydrogens (tertiary/aromatic N) is 1. The Balaban J connectivity index is 1.78. The second kappa shape index (κ2) is 10.2. The largest absolute Gasteiger partial charge is 0.345 e. The van der Waals surface area contributed by atoms with E-state index in [2.05, 4.69) is 5.32 Å². The molecule has 6 heteroatoms. The summed E-state index contributed by atoms with van der Waals surface area (Å²) in [7, 11) is -3.49. The third-order valence-corrected chi connectivity index (χ3v) is 6.94. The molecule has 0 fully saturated rings. The van der Waals surface area contributed by atoms with Crippen LogP contribution in [0, 0.1) is 20.8 Å². The number of sulfonamides is 1. The molecule has 5 nitrogen and oxygen atoms in total. The fourth-order valence-corrected chi connectivity index (χ4v) is 4.95. The predicted octanol–water partition coefficient (Wildman–Crippen LogP) is 5.46.